The number of hydrogen-bond donors (Lipinski definition) is 2. The van der Waals surface area contributed by atoms with Crippen LogP contribution in [0, 0.1) is 5.82 Å². The summed E-state index contributed by atoms with van der Waals surface area (Å²) in [6, 6.07) is 6.87. The Kier molecular flexibility index (Phi) is 4.74. The quantitative estimate of drug-likeness (QED) is 0.655. The van der Waals surface area contributed by atoms with Gasteiger partial charge in [-0.25, -0.2) is 9.18 Å². The van der Waals surface area contributed by atoms with Crippen LogP contribution in [0.1, 0.15) is 52.8 Å². The highest BCUT2D eigenvalue weighted by Crippen LogP contribution is 2.39. The van der Waals surface area contributed by atoms with Crippen molar-refractivity contribution in [3.63, 3.8) is 0 Å². The van der Waals surface area contributed by atoms with Gasteiger partial charge in [-0.3, -0.25) is 9.78 Å². The average Bonchev–Trinajstić information content (AvgIpc) is 3.50. The molecule has 3 aromatic rings. The van der Waals surface area contributed by atoms with Crippen LogP contribution < -0.4 is 16.1 Å². The van der Waals surface area contributed by atoms with Crippen molar-refractivity contribution in [2.75, 3.05) is 18.0 Å². The van der Waals surface area contributed by atoms with Gasteiger partial charge in [-0.1, -0.05) is 6.07 Å². The number of carbonyl (C=O) groups is 1. The van der Waals surface area contributed by atoms with E-state index in [4.69, 9.17) is 5.73 Å². The molecule has 7 nitrogen and oxygen atoms in total. The summed E-state index contributed by atoms with van der Waals surface area (Å²) in [4.78, 5) is 30.7. The normalized spacial score (nSPS) is 18.6. The van der Waals surface area contributed by atoms with Crippen molar-refractivity contribution in [3.8, 4) is 0 Å². The molecular weight excluding hydrogens is 399 g/mol. The smallest absolute Gasteiger partial charge is 0.341 e. The molecule has 1 aliphatic carbocycles. The third-order valence-corrected chi connectivity index (χ3v) is 6.33. The first-order chi connectivity index (χ1) is 15.0. The van der Waals surface area contributed by atoms with E-state index in [0.29, 0.717) is 30.8 Å². The highest BCUT2D eigenvalue weighted by atomic mass is 19.1. The Balaban J connectivity index is 1.56. The Morgan fingerprint density at radius 1 is 1.29 bits per heavy atom. The summed E-state index contributed by atoms with van der Waals surface area (Å²) in [6.07, 6.45) is 5.81. The minimum absolute atomic E-state index is 0.110. The first-order valence-electron chi connectivity index (χ1n) is 10.5. The number of nitrogens with zero attached hydrogens (tertiary/aromatic N) is 3. The van der Waals surface area contributed by atoms with E-state index in [0.717, 1.165) is 30.5 Å². The van der Waals surface area contributed by atoms with E-state index in [2.05, 4.69) is 4.98 Å². The fraction of sp³-hybridized carbons (Fsp3) is 0.348. The maximum Gasteiger partial charge on any atom is 0.341 e. The molecule has 2 aliphatic rings. The van der Waals surface area contributed by atoms with Gasteiger partial charge in [0.05, 0.1) is 11.2 Å². The Morgan fingerprint density at radius 2 is 2.10 bits per heavy atom. The van der Waals surface area contributed by atoms with E-state index in [1.165, 1.54) is 12.3 Å². The Hall–Kier alpha value is -3.26. The van der Waals surface area contributed by atoms with Gasteiger partial charge in [0.15, 0.2) is 0 Å². The molecule has 1 atom stereocenters. The summed E-state index contributed by atoms with van der Waals surface area (Å²) in [7, 11) is 0. The van der Waals surface area contributed by atoms with Gasteiger partial charge >= 0.3 is 5.97 Å². The molecule has 3 N–H and O–H groups in total. The summed E-state index contributed by atoms with van der Waals surface area (Å²) in [5, 5.41) is 9.51. The highest BCUT2D eigenvalue weighted by Gasteiger charge is 2.31. The number of anilines is 1. The molecule has 1 saturated heterocycles. The highest BCUT2D eigenvalue weighted by molar-refractivity contribution is 5.93. The predicted octanol–water partition coefficient (Wildman–Crippen LogP) is 3.02. The number of hydrogen-bond acceptors (Lipinski definition) is 5. The predicted molar refractivity (Wildman–Crippen MR) is 115 cm³/mol. The van der Waals surface area contributed by atoms with Gasteiger partial charge in [0.2, 0.25) is 5.43 Å². The average molecular weight is 422 g/mol. The zero-order chi connectivity index (χ0) is 21.7. The summed E-state index contributed by atoms with van der Waals surface area (Å²) < 4.78 is 17.0. The fourth-order valence-corrected chi connectivity index (χ4v) is 4.60. The lowest BCUT2D eigenvalue weighted by Crippen LogP contribution is -2.23. The van der Waals surface area contributed by atoms with Crippen LogP contribution in [-0.2, 0) is 6.54 Å². The summed E-state index contributed by atoms with van der Waals surface area (Å²) in [5.41, 5.74) is 7.85. The standard InChI is InChI=1S/C23H23FN4O3/c24-18-8-16-19(28(15-3-4-15)12-17(22(16)29)23(30)31)9-20(18)27-7-5-14(11-27)21-13(10-25)2-1-6-26-21/h1-2,6,8-9,12,14-15H,3-5,7,10-11,25H2,(H,30,31). The number of aromatic nitrogens is 2. The van der Waals surface area contributed by atoms with Crippen molar-refractivity contribution in [2.45, 2.75) is 37.8 Å². The van der Waals surface area contributed by atoms with Crippen molar-refractivity contribution >= 4 is 22.6 Å². The number of nitrogens with two attached hydrogens (primary N) is 1. The van der Waals surface area contributed by atoms with Crippen LogP contribution in [0.15, 0.2) is 41.5 Å². The maximum absolute atomic E-state index is 15.1. The third kappa shape index (κ3) is 3.37. The largest absolute Gasteiger partial charge is 0.477 e. The van der Waals surface area contributed by atoms with E-state index >= 15 is 4.39 Å². The molecule has 0 spiro atoms. The van der Waals surface area contributed by atoms with Crippen LogP contribution in [0.5, 0.6) is 0 Å². The van der Waals surface area contributed by atoms with Gasteiger partial charge in [-0.15, -0.1) is 0 Å². The Morgan fingerprint density at radius 3 is 2.81 bits per heavy atom. The lowest BCUT2D eigenvalue weighted by molar-refractivity contribution is 0.0695. The number of carboxylic acids is 1. The van der Waals surface area contributed by atoms with Gasteiger partial charge in [0, 0.05) is 55.1 Å². The zero-order valence-electron chi connectivity index (χ0n) is 16.9. The second-order valence-corrected chi connectivity index (χ2v) is 8.32. The first kappa shape index (κ1) is 19.7. The second-order valence-electron chi connectivity index (χ2n) is 8.32. The molecule has 3 heterocycles. The molecule has 1 aliphatic heterocycles. The first-order valence-corrected chi connectivity index (χ1v) is 10.5. The van der Waals surface area contributed by atoms with E-state index < -0.39 is 17.2 Å². The van der Waals surface area contributed by atoms with Crippen LogP contribution in [0.2, 0.25) is 0 Å². The number of pyridine rings is 2. The molecule has 0 amide bonds. The van der Waals surface area contributed by atoms with E-state index in [-0.39, 0.29) is 22.9 Å². The number of fused-ring (bicyclic) bond motifs is 1. The SMILES string of the molecule is NCc1cccnc1C1CCN(c2cc3c(cc2F)c(=O)c(C(=O)O)cn3C2CC2)C1. The molecule has 2 aromatic heterocycles. The Labute approximate surface area is 177 Å². The van der Waals surface area contributed by atoms with Gasteiger partial charge in [0.25, 0.3) is 0 Å². The van der Waals surface area contributed by atoms with Crippen LogP contribution in [0.4, 0.5) is 10.1 Å². The van der Waals surface area contributed by atoms with Crippen LogP contribution >= 0.6 is 0 Å². The summed E-state index contributed by atoms with van der Waals surface area (Å²) in [6.45, 7) is 1.67. The summed E-state index contributed by atoms with van der Waals surface area (Å²) in [5.74, 6) is -1.66. The van der Waals surface area contributed by atoms with Gasteiger partial charge < -0.3 is 20.3 Å². The van der Waals surface area contributed by atoms with Gasteiger partial charge in [-0.05, 0) is 43.0 Å². The lowest BCUT2D eigenvalue weighted by Gasteiger charge is -2.22. The van der Waals surface area contributed by atoms with Crippen molar-refractivity contribution in [3.05, 3.63) is 69.5 Å². The zero-order valence-corrected chi connectivity index (χ0v) is 16.9. The fourth-order valence-electron chi connectivity index (χ4n) is 4.60. The molecule has 1 saturated carbocycles. The van der Waals surface area contributed by atoms with Crippen molar-refractivity contribution in [2.24, 2.45) is 5.73 Å². The molecule has 2 fully saturated rings. The molecule has 160 valence electrons. The molecule has 0 bridgehead atoms. The Bertz CT molecular complexity index is 1250. The minimum Gasteiger partial charge on any atom is -0.477 e. The van der Waals surface area contributed by atoms with Crippen LogP contribution in [0.25, 0.3) is 10.9 Å². The molecule has 0 radical (unpaired) electrons. The van der Waals surface area contributed by atoms with E-state index in [1.54, 1.807) is 12.3 Å². The molecule has 1 aromatic carbocycles. The molecular formula is C23H23FN4O3. The number of carboxylic acid groups (broad SMARTS) is 1. The number of benzene rings is 1. The lowest BCUT2D eigenvalue weighted by atomic mass is 9.99. The monoisotopic (exact) mass is 422 g/mol. The van der Waals surface area contributed by atoms with Crippen LogP contribution in [0.3, 0.4) is 0 Å². The molecule has 8 heteroatoms. The topological polar surface area (TPSA) is 101 Å². The van der Waals surface area contributed by atoms with Crippen molar-refractivity contribution in [1.82, 2.24) is 9.55 Å². The number of aromatic carboxylic acids is 1. The van der Waals surface area contributed by atoms with Gasteiger partial charge in [0.1, 0.15) is 11.4 Å². The van der Waals surface area contributed by atoms with Crippen molar-refractivity contribution in [1.29, 1.82) is 0 Å². The van der Waals surface area contributed by atoms with Crippen molar-refractivity contribution < 1.29 is 14.3 Å². The van der Waals surface area contributed by atoms with E-state index in [9.17, 15) is 14.7 Å². The van der Waals surface area contributed by atoms with Crippen LogP contribution in [-0.4, -0.2) is 33.7 Å². The van der Waals surface area contributed by atoms with Gasteiger partial charge in [-0.2, -0.15) is 0 Å². The molecule has 1 unspecified atom stereocenters. The molecule has 5 rings (SSSR count). The molecule has 31 heavy (non-hydrogen) atoms. The minimum atomic E-state index is -1.29. The third-order valence-electron chi connectivity index (χ3n) is 6.33. The maximum atomic E-state index is 15.1. The second kappa shape index (κ2) is 7.46. The number of rotatable bonds is 5. The summed E-state index contributed by atoms with van der Waals surface area (Å²) >= 11 is 0. The number of halogens is 1. The van der Waals surface area contributed by atoms with E-state index in [1.807, 2.05) is 21.6 Å².